The van der Waals surface area contributed by atoms with Crippen molar-refractivity contribution >= 4 is 27.8 Å². The van der Waals surface area contributed by atoms with Gasteiger partial charge in [-0.1, -0.05) is 11.8 Å². The Kier molecular flexibility index (Phi) is 3.58. The van der Waals surface area contributed by atoms with Crippen molar-refractivity contribution in [3.63, 3.8) is 0 Å². The monoisotopic (exact) mass is 249 g/mol. The van der Waals surface area contributed by atoms with Crippen LogP contribution in [0.3, 0.4) is 0 Å². The topological polar surface area (TPSA) is 60.9 Å². The zero-order chi connectivity index (χ0) is 12.3. The molecule has 0 bridgehead atoms. The van der Waals surface area contributed by atoms with Crippen LogP contribution in [0, 0.1) is 5.41 Å². The molecule has 4 nitrogen and oxygen atoms in total. The molecule has 3 N–H and O–H groups in total. The lowest BCUT2D eigenvalue weighted by Gasteiger charge is -2.04. The number of rotatable bonds is 3. The van der Waals surface area contributed by atoms with E-state index < -0.39 is 0 Å². The fourth-order valence-corrected chi connectivity index (χ4v) is 2.43. The number of ether oxygens (including phenoxy) is 1. The van der Waals surface area contributed by atoms with Crippen LogP contribution in [0.4, 0.5) is 0 Å². The third-order valence-electron chi connectivity index (χ3n) is 2.40. The fraction of sp³-hybridized carbons (Fsp3) is 0.250. The van der Waals surface area contributed by atoms with E-state index in [1.54, 1.807) is 7.11 Å². The Bertz CT molecular complexity index is 536. The number of methoxy groups -OCH3 is 1. The second-order valence-corrected chi connectivity index (χ2v) is 4.58. The van der Waals surface area contributed by atoms with Gasteiger partial charge in [0.2, 0.25) is 0 Å². The highest BCUT2D eigenvalue weighted by Gasteiger charge is 2.07. The highest BCUT2D eigenvalue weighted by molar-refractivity contribution is 8.13. The first-order valence-electron chi connectivity index (χ1n) is 5.40. The Morgan fingerprint density at radius 1 is 1.53 bits per heavy atom. The van der Waals surface area contributed by atoms with E-state index in [0.717, 1.165) is 28.1 Å². The summed E-state index contributed by atoms with van der Waals surface area (Å²) in [6.45, 7) is 2.74. The largest absolute Gasteiger partial charge is 0.497 e. The van der Waals surface area contributed by atoms with Crippen molar-refractivity contribution in [1.82, 2.24) is 10.3 Å². The number of amidine groups is 1. The van der Waals surface area contributed by atoms with Crippen molar-refractivity contribution in [3.05, 3.63) is 24.4 Å². The number of thioether (sulfide) groups is 1. The number of H-pyrrole nitrogens is 1. The van der Waals surface area contributed by atoms with Crippen LogP contribution >= 0.6 is 11.8 Å². The highest BCUT2D eigenvalue weighted by Crippen LogP contribution is 2.30. The predicted molar refractivity (Wildman–Crippen MR) is 72.1 cm³/mol. The third-order valence-corrected chi connectivity index (χ3v) is 3.31. The van der Waals surface area contributed by atoms with Gasteiger partial charge in [0.25, 0.3) is 0 Å². The molecule has 0 spiro atoms. The molecule has 0 aliphatic carbocycles. The van der Waals surface area contributed by atoms with Gasteiger partial charge in [-0.2, -0.15) is 0 Å². The molecule has 0 atom stereocenters. The minimum absolute atomic E-state index is 0.455. The summed E-state index contributed by atoms with van der Waals surface area (Å²) < 4.78 is 5.21. The summed E-state index contributed by atoms with van der Waals surface area (Å²) in [6.07, 6.45) is 1.92. The van der Waals surface area contributed by atoms with Crippen molar-refractivity contribution in [2.24, 2.45) is 0 Å². The summed E-state index contributed by atoms with van der Waals surface area (Å²) in [6, 6.07) is 5.88. The van der Waals surface area contributed by atoms with Gasteiger partial charge in [0.1, 0.15) is 5.75 Å². The average molecular weight is 249 g/mol. The second-order valence-electron chi connectivity index (χ2n) is 3.53. The first-order valence-corrected chi connectivity index (χ1v) is 6.21. The highest BCUT2D eigenvalue weighted by atomic mass is 32.2. The Hall–Kier alpha value is -1.62. The molecule has 1 heterocycles. The van der Waals surface area contributed by atoms with Crippen LogP contribution < -0.4 is 10.1 Å². The van der Waals surface area contributed by atoms with Crippen molar-refractivity contribution in [3.8, 4) is 5.75 Å². The van der Waals surface area contributed by atoms with E-state index in [-0.39, 0.29) is 0 Å². The van der Waals surface area contributed by atoms with E-state index in [2.05, 4.69) is 10.3 Å². The average Bonchev–Trinajstić information content (AvgIpc) is 2.72. The van der Waals surface area contributed by atoms with E-state index in [4.69, 9.17) is 10.1 Å². The van der Waals surface area contributed by atoms with Crippen molar-refractivity contribution in [2.45, 2.75) is 11.8 Å². The van der Waals surface area contributed by atoms with Gasteiger partial charge >= 0.3 is 0 Å². The maximum atomic E-state index is 7.75. The molecule has 1 aromatic heterocycles. The molecule has 2 aromatic rings. The molecule has 0 amide bonds. The molecule has 90 valence electrons. The number of hydrogen-bond acceptors (Lipinski definition) is 3. The molecule has 2 rings (SSSR count). The molecule has 1 aromatic carbocycles. The Morgan fingerprint density at radius 3 is 3.06 bits per heavy atom. The molecule has 0 aliphatic heterocycles. The Balaban J connectivity index is 2.30. The zero-order valence-electron chi connectivity index (χ0n) is 9.83. The molecular weight excluding hydrogens is 234 g/mol. The smallest absolute Gasteiger partial charge is 0.158 e. The van der Waals surface area contributed by atoms with Gasteiger partial charge in [-0.25, -0.2) is 0 Å². The summed E-state index contributed by atoms with van der Waals surface area (Å²) in [4.78, 5) is 4.22. The summed E-state index contributed by atoms with van der Waals surface area (Å²) in [7, 11) is 1.65. The molecule has 0 unspecified atom stereocenters. The van der Waals surface area contributed by atoms with Gasteiger partial charge < -0.3 is 15.0 Å². The molecule has 17 heavy (non-hydrogen) atoms. The molecule has 0 saturated heterocycles. The number of benzene rings is 1. The quantitative estimate of drug-likeness (QED) is 0.445. The van der Waals surface area contributed by atoms with Gasteiger partial charge in [-0.15, -0.1) is 0 Å². The maximum absolute atomic E-state index is 7.75. The van der Waals surface area contributed by atoms with E-state index in [1.165, 1.54) is 11.8 Å². The van der Waals surface area contributed by atoms with Crippen molar-refractivity contribution < 1.29 is 4.74 Å². The number of aromatic nitrogens is 1. The molecule has 0 saturated carbocycles. The zero-order valence-corrected chi connectivity index (χ0v) is 10.6. The van der Waals surface area contributed by atoms with Crippen LogP contribution in [-0.4, -0.2) is 23.8 Å². The third kappa shape index (κ3) is 2.55. The normalized spacial score (nSPS) is 10.5. The first kappa shape index (κ1) is 11.9. The van der Waals surface area contributed by atoms with Crippen LogP contribution in [0.2, 0.25) is 0 Å². The second kappa shape index (κ2) is 5.14. The number of aromatic amines is 1. The fourth-order valence-electron chi connectivity index (χ4n) is 1.59. The minimum Gasteiger partial charge on any atom is -0.497 e. The van der Waals surface area contributed by atoms with E-state index in [0.29, 0.717) is 5.17 Å². The number of fused-ring (bicyclic) bond motifs is 1. The summed E-state index contributed by atoms with van der Waals surface area (Å²) in [5.74, 6) is 0.828. The van der Waals surface area contributed by atoms with E-state index in [9.17, 15) is 0 Å². The standard InChI is InChI=1S/C12H15N3OS/c1-3-14-12(13)17-11-7-15-10-5-4-8(16-2)6-9(10)11/h4-7,15H,3H2,1-2H3,(H2,13,14). The van der Waals surface area contributed by atoms with Gasteiger partial charge in [0.15, 0.2) is 5.17 Å². The van der Waals surface area contributed by atoms with Crippen LogP contribution in [0.1, 0.15) is 6.92 Å². The number of nitrogens with one attached hydrogen (secondary N) is 3. The predicted octanol–water partition coefficient (Wildman–Crippen LogP) is 2.81. The minimum atomic E-state index is 0.455. The van der Waals surface area contributed by atoms with Crippen molar-refractivity contribution in [2.75, 3.05) is 13.7 Å². The molecule has 0 aliphatic rings. The summed E-state index contributed by atoms with van der Waals surface area (Å²) >= 11 is 1.41. The lowest BCUT2D eigenvalue weighted by atomic mass is 10.2. The summed E-state index contributed by atoms with van der Waals surface area (Å²) in [5, 5.41) is 12.3. The maximum Gasteiger partial charge on any atom is 0.158 e. The van der Waals surface area contributed by atoms with Crippen LogP contribution in [0.5, 0.6) is 5.75 Å². The molecule has 0 radical (unpaired) electrons. The van der Waals surface area contributed by atoms with E-state index in [1.807, 2.05) is 31.3 Å². The Labute approximate surface area is 104 Å². The van der Waals surface area contributed by atoms with Gasteiger partial charge in [0, 0.05) is 28.5 Å². The van der Waals surface area contributed by atoms with Gasteiger partial charge in [-0.3, -0.25) is 5.41 Å². The van der Waals surface area contributed by atoms with Gasteiger partial charge in [0.05, 0.1) is 7.11 Å². The number of hydrogen-bond donors (Lipinski definition) is 3. The summed E-state index contributed by atoms with van der Waals surface area (Å²) in [5.41, 5.74) is 1.05. The van der Waals surface area contributed by atoms with Crippen LogP contribution in [0.25, 0.3) is 10.9 Å². The van der Waals surface area contributed by atoms with Crippen LogP contribution in [0.15, 0.2) is 29.3 Å². The van der Waals surface area contributed by atoms with Crippen molar-refractivity contribution in [1.29, 1.82) is 5.41 Å². The lowest BCUT2D eigenvalue weighted by Crippen LogP contribution is -2.17. The van der Waals surface area contributed by atoms with Crippen LogP contribution in [-0.2, 0) is 0 Å². The SMILES string of the molecule is CCNC(=N)Sc1c[nH]c2ccc(OC)cc12. The van der Waals surface area contributed by atoms with Gasteiger partial charge in [-0.05, 0) is 25.1 Å². The lowest BCUT2D eigenvalue weighted by molar-refractivity contribution is 0.415. The molecular formula is C12H15N3OS. The Morgan fingerprint density at radius 2 is 2.35 bits per heavy atom. The molecule has 5 heteroatoms. The van der Waals surface area contributed by atoms with E-state index >= 15 is 0 Å². The molecule has 0 fully saturated rings. The first-order chi connectivity index (χ1) is 8.24.